The standard InChI is InChI=1S/C18H15N5OS/c19-16(24)13-4-1-3-12(9-13)15-11-22-17(18-20-6-7-23(15)18)21-10-14-5-2-8-25-14/h1-9,11H,10H2,(H2,19,24)(H,21,22). The summed E-state index contributed by atoms with van der Waals surface area (Å²) in [5.74, 6) is 0.263. The van der Waals surface area contributed by atoms with E-state index in [0.29, 0.717) is 17.9 Å². The molecule has 0 radical (unpaired) electrons. The molecule has 0 saturated carbocycles. The number of primary amides is 1. The number of hydrogen-bond donors (Lipinski definition) is 2. The Morgan fingerprint density at radius 2 is 2.16 bits per heavy atom. The quantitative estimate of drug-likeness (QED) is 0.579. The maximum absolute atomic E-state index is 11.4. The van der Waals surface area contributed by atoms with Crippen molar-refractivity contribution in [2.75, 3.05) is 5.32 Å². The highest BCUT2D eigenvalue weighted by Gasteiger charge is 2.11. The average molecular weight is 349 g/mol. The first-order chi connectivity index (χ1) is 12.2. The van der Waals surface area contributed by atoms with Crippen molar-refractivity contribution in [3.05, 3.63) is 70.8 Å². The van der Waals surface area contributed by atoms with Crippen molar-refractivity contribution in [3.63, 3.8) is 0 Å². The summed E-state index contributed by atoms with van der Waals surface area (Å²) in [4.78, 5) is 21.6. The Morgan fingerprint density at radius 3 is 2.96 bits per heavy atom. The summed E-state index contributed by atoms with van der Waals surface area (Å²) in [7, 11) is 0. The number of nitrogens with one attached hydrogen (secondary N) is 1. The van der Waals surface area contributed by atoms with Gasteiger partial charge >= 0.3 is 0 Å². The zero-order valence-electron chi connectivity index (χ0n) is 13.2. The molecule has 0 atom stereocenters. The molecule has 25 heavy (non-hydrogen) atoms. The number of nitrogens with zero attached hydrogens (tertiary/aromatic N) is 3. The van der Waals surface area contributed by atoms with Crippen molar-refractivity contribution in [2.24, 2.45) is 5.73 Å². The zero-order chi connectivity index (χ0) is 17.2. The second-order valence-electron chi connectivity index (χ2n) is 5.49. The van der Waals surface area contributed by atoms with Gasteiger partial charge in [-0.1, -0.05) is 18.2 Å². The first-order valence-corrected chi connectivity index (χ1v) is 8.59. The van der Waals surface area contributed by atoms with Crippen molar-refractivity contribution >= 4 is 28.7 Å². The fraction of sp³-hybridized carbons (Fsp3) is 0.0556. The van der Waals surface area contributed by atoms with Crippen LogP contribution in [0.5, 0.6) is 0 Å². The molecule has 0 unspecified atom stereocenters. The molecule has 7 heteroatoms. The summed E-state index contributed by atoms with van der Waals surface area (Å²) in [5, 5.41) is 5.37. The summed E-state index contributed by atoms with van der Waals surface area (Å²) < 4.78 is 1.95. The highest BCUT2D eigenvalue weighted by molar-refractivity contribution is 7.09. The topological polar surface area (TPSA) is 85.3 Å². The van der Waals surface area contributed by atoms with Crippen LogP contribution in [0, 0.1) is 0 Å². The maximum atomic E-state index is 11.4. The first-order valence-electron chi connectivity index (χ1n) is 7.71. The van der Waals surface area contributed by atoms with Crippen molar-refractivity contribution < 1.29 is 4.79 Å². The molecule has 1 amide bonds. The second kappa shape index (κ2) is 6.37. The van der Waals surface area contributed by atoms with Gasteiger partial charge in [-0.25, -0.2) is 9.97 Å². The molecule has 4 aromatic rings. The van der Waals surface area contributed by atoms with Crippen LogP contribution in [0.2, 0.25) is 0 Å². The third-order valence-corrected chi connectivity index (χ3v) is 4.76. The van der Waals surface area contributed by atoms with Gasteiger partial charge in [0.25, 0.3) is 0 Å². The molecular weight excluding hydrogens is 334 g/mol. The molecule has 0 bridgehead atoms. The van der Waals surface area contributed by atoms with Crippen molar-refractivity contribution in [3.8, 4) is 11.3 Å². The third-order valence-electron chi connectivity index (χ3n) is 3.88. The minimum absolute atomic E-state index is 0.453. The molecule has 0 aliphatic carbocycles. The van der Waals surface area contributed by atoms with E-state index in [1.165, 1.54) is 4.88 Å². The van der Waals surface area contributed by atoms with Crippen LogP contribution in [0.3, 0.4) is 0 Å². The van der Waals surface area contributed by atoms with Crippen molar-refractivity contribution in [1.82, 2.24) is 14.4 Å². The van der Waals surface area contributed by atoms with Crippen LogP contribution in [0.25, 0.3) is 16.9 Å². The largest absolute Gasteiger partial charge is 0.366 e. The summed E-state index contributed by atoms with van der Waals surface area (Å²) in [6.07, 6.45) is 5.37. The lowest BCUT2D eigenvalue weighted by Gasteiger charge is -2.10. The predicted octanol–water partition coefficient (Wildman–Crippen LogP) is 3.17. The molecule has 0 aliphatic rings. The van der Waals surface area contributed by atoms with Crippen LogP contribution in [0.15, 0.2) is 60.4 Å². The van der Waals surface area contributed by atoms with Gasteiger partial charge in [0.15, 0.2) is 11.5 Å². The molecule has 3 heterocycles. The molecule has 0 spiro atoms. The molecule has 3 aromatic heterocycles. The van der Waals surface area contributed by atoms with Gasteiger partial charge in [0.05, 0.1) is 18.4 Å². The van der Waals surface area contributed by atoms with Gasteiger partial charge in [-0.3, -0.25) is 9.20 Å². The Bertz CT molecular complexity index is 1040. The highest BCUT2D eigenvalue weighted by Crippen LogP contribution is 2.24. The average Bonchev–Trinajstić information content (AvgIpc) is 3.31. The molecule has 0 fully saturated rings. The summed E-state index contributed by atoms with van der Waals surface area (Å²) in [6.45, 7) is 0.698. The minimum Gasteiger partial charge on any atom is -0.366 e. The number of hydrogen-bond acceptors (Lipinski definition) is 5. The number of carbonyl (C=O) groups is 1. The SMILES string of the molecule is NC(=O)c1cccc(-c2cnc(NCc3cccs3)c3nccn23)c1. The van der Waals surface area contributed by atoms with E-state index < -0.39 is 5.91 Å². The molecule has 3 N–H and O–H groups in total. The van der Waals surface area contributed by atoms with Crippen LogP contribution < -0.4 is 11.1 Å². The van der Waals surface area contributed by atoms with Gasteiger partial charge < -0.3 is 11.1 Å². The third kappa shape index (κ3) is 2.97. The summed E-state index contributed by atoms with van der Waals surface area (Å²) in [6, 6.07) is 11.3. The van der Waals surface area contributed by atoms with E-state index in [0.717, 1.165) is 16.9 Å². The lowest BCUT2D eigenvalue weighted by Crippen LogP contribution is -2.10. The zero-order valence-corrected chi connectivity index (χ0v) is 14.0. The number of carbonyl (C=O) groups excluding carboxylic acids is 1. The fourth-order valence-electron chi connectivity index (χ4n) is 2.67. The monoisotopic (exact) mass is 349 g/mol. The van der Waals surface area contributed by atoms with E-state index in [4.69, 9.17) is 5.73 Å². The number of benzene rings is 1. The number of anilines is 1. The predicted molar refractivity (Wildman–Crippen MR) is 98.6 cm³/mol. The second-order valence-corrected chi connectivity index (χ2v) is 6.52. The number of amides is 1. The number of fused-ring (bicyclic) bond motifs is 1. The van der Waals surface area contributed by atoms with E-state index in [1.54, 1.807) is 41.9 Å². The van der Waals surface area contributed by atoms with Crippen LogP contribution in [0.4, 0.5) is 5.82 Å². The number of aromatic nitrogens is 3. The lowest BCUT2D eigenvalue weighted by atomic mass is 10.1. The smallest absolute Gasteiger partial charge is 0.248 e. The van der Waals surface area contributed by atoms with E-state index in [-0.39, 0.29) is 0 Å². The van der Waals surface area contributed by atoms with Gasteiger partial charge in [0.1, 0.15) is 0 Å². The first kappa shape index (κ1) is 15.3. The minimum atomic E-state index is -0.453. The molecule has 124 valence electrons. The van der Waals surface area contributed by atoms with E-state index >= 15 is 0 Å². The van der Waals surface area contributed by atoms with E-state index in [1.807, 2.05) is 28.1 Å². The van der Waals surface area contributed by atoms with Crippen LogP contribution in [-0.4, -0.2) is 20.3 Å². The van der Waals surface area contributed by atoms with Gasteiger partial charge in [0.2, 0.25) is 5.91 Å². The molecule has 6 nitrogen and oxygen atoms in total. The number of rotatable bonds is 5. The van der Waals surface area contributed by atoms with Crippen molar-refractivity contribution in [1.29, 1.82) is 0 Å². The fourth-order valence-corrected chi connectivity index (χ4v) is 3.32. The van der Waals surface area contributed by atoms with Crippen LogP contribution in [-0.2, 0) is 6.54 Å². The van der Waals surface area contributed by atoms with E-state index in [9.17, 15) is 4.79 Å². The molecular formula is C18H15N5OS. The Kier molecular flexibility index (Phi) is 3.91. The normalized spacial score (nSPS) is 10.9. The van der Waals surface area contributed by atoms with E-state index in [2.05, 4.69) is 21.4 Å². The Balaban J connectivity index is 1.72. The van der Waals surface area contributed by atoms with Crippen molar-refractivity contribution in [2.45, 2.75) is 6.54 Å². The van der Waals surface area contributed by atoms with Crippen LogP contribution >= 0.6 is 11.3 Å². The van der Waals surface area contributed by atoms with Gasteiger partial charge in [-0.15, -0.1) is 11.3 Å². The van der Waals surface area contributed by atoms with Gasteiger partial charge in [-0.05, 0) is 23.6 Å². The molecule has 0 saturated heterocycles. The van der Waals surface area contributed by atoms with Gasteiger partial charge in [0, 0.05) is 28.4 Å². The summed E-state index contributed by atoms with van der Waals surface area (Å²) in [5.41, 5.74) is 8.28. The molecule has 0 aliphatic heterocycles. The molecule has 4 rings (SSSR count). The Labute approximate surface area is 148 Å². The molecule has 1 aromatic carbocycles. The van der Waals surface area contributed by atoms with Crippen LogP contribution in [0.1, 0.15) is 15.2 Å². The summed E-state index contributed by atoms with van der Waals surface area (Å²) >= 11 is 1.69. The number of thiophene rings is 1. The van der Waals surface area contributed by atoms with Gasteiger partial charge in [-0.2, -0.15) is 0 Å². The Morgan fingerprint density at radius 1 is 1.24 bits per heavy atom. The number of nitrogens with two attached hydrogens (primary N) is 1. The number of imidazole rings is 1. The Hall–Kier alpha value is -3.19. The highest BCUT2D eigenvalue weighted by atomic mass is 32.1. The maximum Gasteiger partial charge on any atom is 0.248 e. The lowest BCUT2D eigenvalue weighted by molar-refractivity contribution is 0.100.